The summed E-state index contributed by atoms with van der Waals surface area (Å²) in [6.07, 6.45) is 0.386. The van der Waals surface area contributed by atoms with E-state index in [1.807, 2.05) is 0 Å². The van der Waals surface area contributed by atoms with Gasteiger partial charge in [0.05, 0.1) is 13.2 Å². The Kier molecular flexibility index (Phi) is 6.83. The first-order valence-corrected chi connectivity index (χ1v) is 6.09. The maximum atomic E-state index is 11.3. The van der Waals surface area contributed by atoms with E-state index >= 15 is 0 Å². The Bertz CT molecular complexity index is 380. The molecule has 0 spiro atoms. The fourth-order valence-corrected chi connectivity index (χ4v) is 1.27. The third-order valence-corrected chi connectivity index (χ3v) is 2.34. The predicted molar refractivity (Wildman–Crippen MR) is 69.7 cm³/mol. The molecule has 0 radical (unpaired) electrons. The lowest BCUT2D eigenvalue weighted by molar-refractivity contribution is -0.128. The summed E-state index contributed by atoms with van der Waals surface area (Å²) in [6, 6.07) is 0.329. The van der Waals surface area contributed by atoms with Crippen LogP contribution in [-0.2, 0) is 16.1 Å². The smallest absolute Gasteiger partial charge is 0.315 e. The maximum Gasteiger partial charge on any atom is 0.315 e. The average molecular weight is 271 g/mol. The third kappa shape index (κ3) is 6.16. The van der Waals surface area contributed by atoms with E-state index in [0.717, 1.165) is 6.54 Å². The van der Waals surface area contributed by atoms with Crippen LogP contribution in [0.3, 0.4) is 0 Å². The normalized spacial score (nSPS) is 10.5. The fourth-order valence-electron chi connectivity index (χ4n) is 1.27. The molecule has 0 atom stereocenters. The highest BCUT2D eigenvalue weighted by Gasteiger charge is 2.07. The number of ether oxygens (including phenoxy) is 1. The van der Waals surface area contributed by atoms with Crippen LogP contribution in [0.2, 0.25) is 0 Å². The number of rotatable bonds is 9. The van der Waals surface area contributed by atoms with Crippen LogP contribution >= 0.6 is 0 Å². The second-order valence-corrected chi connectivity index (χ2v) is 4.14. The number of aromatic nitrogens is 2. The summed E-state index contributed by atoms with van der Waals surface area (Å²) in [7, 11) is 5.09. The largest absolute Gasteiger partial charge is 0.407 e. The van der Waals surface area contributed by atoms with Crippen molar-refractivity contribution in [1.82, 2.24) is 20.4 Å². The monoisotopic (exact) mass is 271 g/mol. The molecule has 0 saturated carbocycles. The first kappa shape index (κ1) is 15.4. The van der Waals surface area contributed by atoms with E-state index in [1.165, 1.54) is 0 Å². The van der Waals surface area contributed by atoms with Crippen molar-refractivity contribution in [3.63, 3.8) is 0 Å². The Morgan fingerprint density at radius 2 is 2.16 bits per heavy atom. The highest BCUT2D eigenvalue weighted by molar-refractivity contribution is 5.75. The van der Waals surface area contributed by atoms with E-state index < -0.39 is 0 Å². The molecular weight excluding hydrogens is 250 g/mol. The van der Waals surface area contributed by atoms with Gasteiger partial charge in [-0.05, 0) is 0 Å². The minimum absolute atomic E-state index is 0.0495. The lowest BCUT2D eigenvalue weighted by Crippen LogP contribution is -2.23. The number of hydrogen-bond acceptors (Lipinski definition) is 7. The molecule has 0 fully saturated rings. The lowest BCUT2D eigenvalue weighted by Gasteiger charge is -2.09. The molecule has 8 heteroatoms. The van der Waals surface area contributed by atoms with Gasteiger partial charge in [-0.2, -0.15) is 0 Å². The van der Waals surface area contributed by atoms with Crippen molar-refractivity contribution >= 4 is 11.9 Å². The molecule has 19 heavy (non-hydrogen) atoms. The van der Waals surface area contributed by atoms with Gasteiger partial charge in [0.15, 0.2) is 0 Å². The van der Waals surface area contributed by atoms with E-state index in [9.17, 15) is 4.79 Å². The Labute approximate surface area is 112 Å². The molecule has 0 unspecified atom stereocenters. The van der Waals surface area contributed by atoms with Crippen LogP contribution in [0.1, 0.15) is 12.3 Å². The van der Waals surface area contributed by atoms with Crippen molar-refractivity contribution < 1.29 is 13.9 Å². The SMILES string of the molecule is COCCNCc1nnc(NCCC(=O)N(C)C)o1. The standard InChI is InChI=1S/C11H21N5O3/c1-16(2)10(17)4-5-13-11-15-14-9(19-11)8-12-6-7-18-3/h12H,4-8H2,1-3H3,(H,13,15). The summed E-state index contributed by atoms with van der Waals surface area (Å²) in [6.45, 7) is 2.31. The summed E-state index contributed by atoms with van der Waals surface area (Å²) in [5.41, 5.74) is 0. The van der Waals surface area contributed by atoms with Crippen molar-refractivity contribution in [2.24, 2.45) is 0 Å². The lowest BCUT2D eigenvalue weighted by atomic mass is 10.4. The number of nitrogens with zero attached hydrogens (tertiary/aromatic N) is 3. The van der Waals surface area contributed by atoms with Gasteiger partial charge in [0, 0.05) is 40.7 Å². The second kappa shape index (κ2) is 8.44. The molecule has 0 bridgehead atoms. The van der Waals surface area contributed by atoms with Gasteiger partial charge in [0.25, 0.3) is 0 Å². The minimum Gasteiger partial charge on any atom is -0.407 e. The van der Waals surface area contributed by atoms with E-state index in [2.05, 4.69) is 20.8 Å². The molecule has 0 aromatic carbocycles. The summed E-state index contributed by atoms with van der Waals surface area (Å²) >= 11 is 0. The topological polar surface area (TPSA) is 92.5 Å². The van der Waals surface area contributed by atoms with Gasteiger partial charge in [-0.3, -0.25) is 4.79 Å². The van der Waals surface area contributed by atoms with Crippen molar-refractivity contribution in [2.75, 3.05) is 46.2 Å². The number of anilines is 1. The summed E-state index contributed by atoms with van der Waals surface area (Å²) < 4.78 is 10.2. The van der Waals surface area contributed by atoms with Gasteiger partial charge >= 0.3 is 6.01 Å². The van der Waals surface area contributed by atoms with Crippen LogP contribution in [0.25, 0.3) is 0 Å². The minimum atomic E-state index is 0.0495. The van der Waals surface area contributed by atoms with Gasteiger partial charge in [-0.25, -0.2) is 0 Å². The molecule has 1 aromatic heterocycles. The molecule has 0 aliphatic rings. The molecule has 108 valence electrons. The molecule has 8 nitrogen and oxygen atoms in total. The molecule has 1 amide bonds. The fraction of sp³-hybridized carbons (Fsp3) is 0.727. The number of hydrogen-bond donors (Lipinski definition) is 2. The molecule has 1 heterocycles. The van der Waals surface area contributed by atoms with Crippen LogP contribution in [0.4, 0.5) is 6.01 Å². The predicted octanol–water partition coefficient (Wildman–Crippen LogP) is -0.304. The molecular formula is C11H21N5O3. The van der Waals surface area contributed by atoms with E-state index in [1.54, 1.807) is 26.1 Å². The number of carbonyl (C=O) groups excluding carboxylic acids is 1. The van der Waals surface area contributed by atoms with Crippen LogP contribution in [-0.4, -0.2) is 61.9 Å². The molecule has 1 aromatic rings. The van der Waals surface area contributed by atoms with E-state index in [-0.39, 0.29) is 5.91 Å². The number of amides is 1. The molecule has 0 aliphatic heterocycles. The molecule has 0 aliphatic carbocycles. The van der Waals surface area contributed by atoms with E-state index in [4.69, 9.17) is 9.15 Å². The van der Waals surface area contributed by atoms with Gasteiger partial charge in [0.1, 0.15) is 0 Å². The third-order valence-electron chi connectivity index (χ3n) is 2.34. The zero-order valence-electron chi connectivity index (χ0n) is 11.6. The van der Waals surface area contributed by atoms with Crippen LogP contribution < -0.4 is 10.6 Å². The first-order chi connectivity index (χ1) is 9.13. The molecule has 0 saturated heterocycles. The van der Waals surface area contributed by atoms with Crippen LogP contribution in [0.15, 0.2) is 4.42 Å². The highest BCUT2D eigenvalue weighted by Crippen LogP contribution is 2.05. The van der Waals surface area contributed by atoms with Gasteiger partial charge in [0.2, 0.25) is 11.8 Å². The zero-order chi connectivity index (χ0) is 14.1. The Balaban J connectivity index is 2.21. The second-order valence-electron chi connectivity index (χ2n) is 4.14. The van der Waals surface area contributed by atoms with Crippen molar-refractivity contribution in [1.29, 1.82) is 0 Å². The quantitative estimate of drug-likeness (QED) is 0.595. The molecule has 1 rings (SSSR count). The summed E-state index contributed by atoms with van der Waals surface area (Å²) in [5.74, 6) is 0.547. The number of methoxy groups -OCH3 is 1. The summed E-state index contributed by atoms with van der Waals surface area (Å²) in [5, 5.41) is 13.7. The maximum absolute atomic E-state index is 11.3. The van der Waals surface area contributed by atoms with E-state index in [0.29, 0.717) is 38.0 Å². The Morgan fingerprint density at radius 3 is 2.84 bits per heavy atom. The van der Waals surface area contributed by atoms with Crippen molar-refractivity contribution in [3.8, 4) is 0 Å². The number of carbonyl (C=O) groups is 1. The highest BCUT2D eigenvalue weighted by atomic mass is 16.5. The summed E-state index contributed by atoms with van der Waals surface area (Å²) in [4.78, 5) is 12.9. The van der Waals surface area contributed by atoms with Crippen molar-refractivity contribution in [3.05, 3.63) is 5.89 Å². The molecule has 2 N–H and O–H groups in total. The van der Waals surface area contributed by atoms with Crippen LogP contribution in [0.5, 0.6) is 0 Å². The number of nitrogens with one attached hydrogen (secondary N) is 2. The average Bonchev–Trinajstić information content (AvgIpc) is 2.82. The van der Waals surface area contributed by atoms with Gasteiger partial charge < -0.3 is 24.7 Å². The first-order valence-electron chi connectivity index (χ1n) is 6.09. The van der Waals surface area contributed by atoms with Crippen molar-refractivity contribution in [2.45, 2.75) is 13.0 Å². The van der Waals surface area contributed by atoms with Crippen LogP contribution in [0, 0.1) is 0 Å². The Morgan fingerprint density at radius 1 is 1.37 bits per heavy atom. The Hall–Kier alpha value is -1.67. The van der Waals surface area contributed by atoms with Gasteiger partial charge in [-0.1, -0.05) is 5.10 Å². The van der Waals surface area contributed by atoms with Gasteiger partial charge in [-0.15, -0.1) is 5.10 Å². The zero-order valence-corrected chi connectivity index (χ0v) is 11.6.